The fraction of sp³-hybridized carbons (Fsp3) is 0.667. The molecule has 0 aromatic heterocycles. The standard InChI is InChI=1S/C18H28O3/c1-12(2)9-18(10-13(3)4)11-16(19)15-8-14(20-5)6-7-17(15)21-18/h6-8,12-13,16,19H,9-11H2,1-5H3. The lowest BCUT2D eigenvalue weighted by Crippen LogP contribution is -2.43. The Morgan fingerprint density at radius 2 is 1.86 bits per heavy atom. The predicted octanol–water partition coefficient (Wildman–Crippen LogP) is 4.34. The summed E-state index contributed by atoms with van der Waals surface area (Å²) in [5.41, 5.74) is 0.584. The second-order valence-electron chi connectivity index (χ2n) is 7.10. The molecule has 0 fully saturated rings. The lowest BCUT2D eigenvalue weighted by molar-refractivity contribution is -0.0408. The molecule has 1 aliphatic heterocycles. The normalized spacial score (nSPS) is 20.3. The summed E-state index contributed by atoms with van der Waals surface area (Å²) in [6, 6.07) is 5.70. The summed E-state index contributed by atoms with van der Waals surface area (Å²) < 4.78 is 11.6. The molecule has 118 valence electrons. The van der Waals surface area contributed by atoms with Crippen LogP contribution in [0.15, 0.2) is 18.2 Å². The van der Waals surface area contributed by atoms with Gasteiger partial charge < -0.3 is 14.6 Å². The first-order valence-corrected chi connectivity index (χ1v) is 7.90. The first kappa shape index (κ1) is 16.2. The summed E-state index contributed by atoms with van der Waals surface area (Å²) in [6.07, 6.45) is 2.10. The topological polar surface area (TPSA) is 38.7 Å². The van der Waals surface area contributed by atoms with Crippen molar-refractivity contribution in [2.24, 2.45) is 11.8 Å². The number of rotatable bonds is 5. The number of hydrogen-bond donors (Lipinski definition) is 1. The number of fused-ring (bicyclic) bond motifs is 1. The van der Waals surface area contributed by atoms with Crippen molar-refractivity contribution in [1.29, 1.82) is 0 Å². The van der Waals surface area contributed by atoms with Crippen LogP contribution in [0, 0.1) is 11.8 Å². The first-order chi connectivity index (χ1) is 9.85. The Hall–Kier alpha value is -1.22. The van der Waals surface area contributed by atoms with Crippen LogP contribution in [0.5, 0.6) is 11.5 Å². The van der Waals surface area contributed by atoms with E-state index in [0.717, 1.165) is 29.9 Å². The Morgan fingerprint density at radius 3 is 2.38 bits per heavy atom. The van der Waals surface area contributed by atoms with E-state index in [1.165, 1.54) is 0 Å². The maximum Gasteiger partial charge on any atom is 0.126 e. The average molecular weight is 292 g/mol. The molecule has 1 aromatic carbocycles. The van der Waals surface area contributed by atoms with Crippen molar-refractivity contribution in [2.75, 3.05) is 7.11 Å². The van der Waals surface area contributed by atoms with E-state index in [9.17, 15) is 5.11 Å². The van der Waals surface area contributed by atoms with Gasteiger partial charge in [0.1, 0.15) is 17.1 Å². The van der Waals surface area contributed by atoms with Gasteiger partial charge in [-0.1, -0.05) is 27.7 Å². The number of benzene rings is 1. The molecule has 0 aliphatic carbocycles. The average Bonchev–Trinajstić information content (AvgIpc) is 2.36. The van der Waals surface area contributed by atoms with Crippen LogP contribution in [-0.2, 0) is 0 Å². The largest absolute Gasteiger partial charge is 0.497 e. The Morgan fingerprint density at radius 1 is 1.24 bits per heavy atom. The van der Waals surface area contributed by atoms with Gasteiger partial charge in [0.2, 0.25) is 0 Å². The molecule has 3 nitrogen and oxygen atoms in total. The Labute approximate surface area is 128 Å². The highest BCUT2D eigenvalue weighted by atomic mass is 16.5. The monoisotopic (exact) mass is 292 g/mol. The summed E-state index contributed by atoms with van der Waals surface area (Å²) in [5.74, 6) is 2.64. The van der Waals surface area contributed by atoms with Crippen molar-refractivity contribution in [1.82, 2.24) is 0 Å². The molecule has 1 aliphatic rings. The molecular weight excluding hydrogens is 264 g/mol. The molecule has 1 atom stereocenters. The van der Waals surface area contributed by atoms with E-state index in [2.05, 4.69) is 27.7 Å². The van der Waals surface area contributed by atoms with Gasteiger partial charge in [0.15, 0.2) is 0 Å². The van der Waals surface area contributed by atoms with E-state index in [-0.39, 0.29) is 5.60 Å². The molecule has 21 heavy (non-hydrogen) atoms. The molecular formula is C18H28O3. The molecule has 0 radical (unpaired) electrons. The van der Waals surface area contributed by atoms with Gasteiger partial charge in [-0.05, 0) is 42.9 Å². The van der Waals surface area contributed by atoms with Crippen molar-refractivity contribution in [2.45, 2.75) is 58.7 Å². The van der Waals surface area contributed by atoms with Crippen molar-refractivity contribution in [3.8, 4) is 11.5 Å². The summed E-state index contributed by atoms with van der Waals surface area (Å²) >= 11 is 0. The van der Waals surface area contributed by atoms with Crippen LogP contribution in [0.2, 0.25) is 0 Å². The lowest BCUT2D eigenvalue weighted by Gasteiger charge is -2.43. The Balaban J connectivity index is 2.34. The van der Waals surface area contributed by atoms with Gasteiger partial charge in [-0.2, -0.15) is 0 Å². The molecule has 0 spiro atoms. The van der Waals surface area contributed by atoms with Crippen LogP contribution >= 0.6 is 0 Å². The summed E-state index contributed by atoms with van der Waals surface area (Å²) in [7, 11) is 1.64. The van der Waals surface area contributed by atoms with E-state index >= 15 is 0 Å². The minimum absolute atomic E-state index is 0.261. The van der Waals surface area contributed by atoms with Gasteiger partial charge in [-0.3, -0.25) is 0 Å². The minimum atomic E-state index is -0.485. The fourth-order valence-electron chi connectivity index (χ4n) is 3.57. The third-order valence-corrected chi connectivity index (χ3v) is 4.03. The molecule has 2 rings (SSSR count). The van der Waals surface area contributed by atoms with E-state index in [1.807, 2.05) is 18.2 Å². The number of ether oxygens (including phenoxy) is 2. The molecule has 1 unspecified atom stereocenters. The molecule has 1 heterocycles. The van der Waals surface area contributed by atoms with Gasteiger partial charge in [-0.25, -0.2) is 0 Å². The summed E-state index contributed by atoms with van der Waals surface area (Å²) in [5, 5.41) is 10.6. The predicted molar refractivity (Wildman–Crippen MR) is 84.8 cm³/mol. The smallest absolute Gasteiger partial charge is 0.126 e. The highest BCUT2D eigenvalue weighted by Crippen LogP contribution is 2.46. The van der Waals surface area contributed by atoms with Gasteiger partial charge >= 0.3 is 0 Å². The number of aliphatic hydroxyl groups excluding tert-OH is 1. The van der Waals surface area contributed by atoms with Crippen molar-refractivity contribution in [3.05, 3.63) is 23.8 Å². The van der Waals surface area contributed by atoms with Crippen LogP contribution in [-0.4, -0.2) is 17.8 Å². The summed E-state index contributed by atoms with van der Waals surface area (Å²) in [4.78, 5) is 0. The zero-order chi connectivity index (χ0) is 15.6. The third-order valence-electron chi connectivity index (χ3n) is 4.03. The summed E-state index contributed by atoms with van der Waals surface area (Å²) in [6.45, 7) is 8.84. The second-order valence-corrected chi connectivity index (χ2v) is 7.10. The minimum Gasteiger partial charge on any atom is -0.497 e. The third kappa shape index (κ3) is 3.70. The van der Waals surface area contributed by atoms with Crippen LogP contribution in [0.3, 0.4) is 0 Å². The van der Waals surface area contributed by atoms with E-state index in [1.54, 1.807) is 7.11 Å². The Kier molecular flexibility index (Phi) is 4.82. The highest BCUT2D eigenvalue weighted by Gasteiger charge is 2.41. The van der Waals surface area contributed by atoms with Gasteiger partial charge in [0, 0.05) is 12.0 Å². The van der Waals surface area contributed by atoms with E-state index in [0.29, 0.717) is 18.3 Å². The second kappa shape index (κ2) is 6.27. The van der Waals surface area contributed by atoms with E-state index < -0.39 is 6.10 Å². The van der Waals surface area contributed by atoms with Crippen molar-refractivity contribution < 1.29 is 14.6 Å². The molecule has 1 N–H and O–H groups in total. The Bertz CT molecular complexity index is 469. The number of hydrogen-bond acceptors (Lipinski definition) is 3. The first-order valence-electron chi connectivity index (χ1n) is 7.90. The maximum atomic E-state index is 10.6. The molecule has 0 saturated heterocycles. The fourth-order valence-corrected chi connectivity index (χ4v) is 3.57. The molecule has 0 bridgehead atoms. The molecule has 0 amide bonds. The van der Waals surface area contributed by atoms with Gasteiger partial charge in [0.25, 0.3) is 0 Å². The quantitative estimate of drug-likeness (QED) is 0.877. The zero-order valence-corrected chi connectivity index (χ0v) is 13.8. The lowest BCUT2D eigenvalue weighted by atomic mass is 9.78. The molecule has 1 aromatic rings. The van der Waals surface area contributed by atoms with Gasteiger partial charge in [0.05, 0.1) is 13.2 Å². The molecule has 3 heteroatoms. The number of aliphatic hydroxyl groups is 1. The maximum absolute atomic E-state index is 10.6. The number of methoxy groups -OCH3 is 1. The van der Waals surface area contributed by atoms with Crippen LogP contribution < -0.4 is 9.47 Å². The zero-order valence-electron chi connectivity index (χ0n) is 13.8. The van der Waals surface area contributed by atoms with Crippen LogP contribution in [0.4, 0.5) is 0 Å². The van der Waals surface area contributed by atoms with E-state index in [4.69, 9.17) is 9.47 Å². The van der Waals surface area contributed by atoms with Crippen LogP contribution in [0.25, 0.3) is 0 Å². The SMILES string of the molecule is COc1ccc2c(c1)C(O)CC(CC(C)C)(CC(C)C)O2. The van der Waals surface area contributed by atoms with Crippen molar-refractivity contribution in [3.63, 3.8) is 0 Å². The molecule has 0 saturated carbocycles. The highest BCUT2D eigenvalue weighted by molar-refractivity contribution is 5.43. The van der Waals surface area contributed by atoms with Crippen molar-refractivity contribution >= 4 is 0 Å². The van der Waals surface area contributed by atoms with Crippen LogP contribution in [0.1, 0.15) is 58.6 Å². The van der Waals surface area contributed by atoms with Gasteiger partial charge in [-0.15, -0.1) is 0 Å².